The van der Waals surface area contributed by atoms with Crippen molar-refractivity contribution in [2.24, 2.45) is 5.73 Å². The van der Waals surface area contributed by atoms with Gasteiger partial charge in [0.2, 0.25) is 11.8 Å². The van der Waals surface area contributed by atoms with Gasteiger partial charge in [-0.3, -0.25) is 14.4 Å². The second-order valence-corrected chi connectivity index (χ2v) is 5.86. The summed E-state index contributed by atoms with van der Waals surface area (Å²) in [4.78, 5) is 36.3. The van der Waals surface area contributed by atoms with E-state index in [1.165, 1.54) is 36.2 Å². The zero-order valence-corrected chi connectivity index (χ0v) is 14.8. The van der Waals surface area contributed by atoms with Gasteiger partial charge in [-0.25, -0.2) is 0 Å². The zero-order chi connectivity index (χ0) is 19.1. The average molecular weight is 376 g/mol. The quantitative estimate of drug-likeness (QED) is 0.771. The Morgan fingerprint density at radius 3 is 2.38 bits per heavy atom. The number of hydrogen-bond donors (Lipinski definition) is 2. The molecule has 3 N–H and O–H groups in total. The van der Waals surface area contributed by atoms with Crippen LogP contribution < -0.4 is 15.8 Å². The smallest absolute Gasteiger partial charge is 0.260 e. The number of anilines is 1. The largest absolute Gasteiger partial charge is 0.484 e. The number of nitrogens with zero attached hydrogens (tertiary/aromatic N) is 1. The van der Waals surface area contributed by atoms with Gasteiger partial charge in [0.25, 0.3) is 5.91 Å². The first-order valence-electron chi connectivity index (χ1n) is 7.68. The first-order chi connectivity index (χ1) is 12.4. The molecule has 0 aromatic heterocycles. The van der Waals surface area contributed by atoms with Gasteiger partial charge in [0.05, 0.1) is 17.3 Å². The van der Waals surface area contributed by atoms with E-state index in [4.69, 9.17) is 22.1 Å². The maximum Gasteiger partial charge on any atom is 0.260 e. The van der Waals surface area contributed by atoms with Crippen molar-refractivity contribution in [3.05, 3.63) is 59.1 Å². The van der Waals surface area contributed by atoms with Crippen molar-refractivity contribution in [1.29, 1.82) is 0 Å². The minimum Gasteiger partial charge on any atom is -0.484 e. The third-order valence-corrected chi connectivity index (χ3v) is 3.79. The summed E-state index contributed by atoms with van der Waals surface area (Å²) >= 11 is 5.97. The molecule has 0 radical (unpaired) electrons. The number of halogens is 1. The lowest BCUT2D eigenvalue weighted by Crippen LogP contribution is -2.37. The van der Waals surface area contributed by atoms with Gasteiger partial charge >= 0.3 is 0 Å². The summed E-state index contributed by atoms with van der Waals surface area (Å²) in [6.07, 6.45) is 0. The van der Waals surface area contributed by atoms with Crippen LogP contribution in [0.1, 0.15) is 10.4 Å². The number of ether oxygens (including phenoxy) is 1. The van der Waals surface area contributed by atoms with Crippen LogP contribution in [0.5, 0.6) is 5.75 Å². The van der Waals surface area contributed by atoms with Crippen molar-refractivity contribution in [1.82, 2.24) is 4.90 Å². The summed E-state index contributed by atoms with van der Waals surface area (Å²) in [6, 6.07) is 12.9. The molecule has 0 saturated heterocycles. The topological polar surface area (TPSA) is 102 Å². The molecule has 0 spiro atoms. The molecule has 2 rings (SSSR count). The predicted octanol–water partition coefficient (Wildman–Crippen LogP) is 1.91. The molecule has 0 atom stereocenters. The first kappa shape index (κ1) is 19.3. The van der Waals surface area contributed by atoms with E-state index in [2.05, 4.69) is 5.32 Å². The highest BCUT2D eigenvalue weighted by Crippen LogP contribution is 2.20. The normalized spacial score (nSPS) is 10.1. The number of carbonyl (C=O) groups excluding carboxylic acids is 3. The van der Waals surface area contributed by atoms with Crippen LogP contribution >= 0.6 is 11.6 Å². The lowest BCUT2D eigenvalue weighted by atomic mass is 10.2. The number of nitrogens with two attached hydrogens (primary N) is 1. The number of likely N-dealkylation sites (N-methyl/N-ethyl adjacent to an activating group) is 1. The number of carbonyl (C=O) groups is 3. The molecule has 0 unspecified atom stereocenters. The van der Waals surface area contributed by atoms with Crippen molar-refractivity contribution in [3.8, 4) is 5.75 Å². The predicted molar refractivity (Wildman–Crippen MR) is 98.2 cm³/mol. The fourth-order valence-electron chi connectivity index (χ4n) is 2.03. The standard InChI is InChI=1S/C18H18ClN3O4/c1-22(10-16(23)21-15-5-3-2-4-14(15)19)17(24)11-26-13-8-6-12(7-9-13)18(20)25/h2-9H,10-11H2,1H3,(H2,20,25)(H,21,23). The van der Waals surface area contributed by atoms with Gasteiger partial charge in [-0.1, -0.05) is 23.7 Å². The molecule has 0 saturated carbocycles. The Kier molecular flexibility index (Phi) is 6.57. The number of rotatable bonds is 7. The number of nitrogens with one attached hydrogen (secondary N) is 1. The van der Waals surface area contributed by atoms with Crippen LogP contribution in [0, 0.1) is 0 Å². The summed E-state index contributed by atoms with van der Waals surface area (Å²) < 4.78 is 5.35. The Hall–Kier alpha value is -3.06. The molecule has 0 bridgehead atoms. The molecule has 3 amide bonds. The molecule has 2 aromatic rings. The second kappa shape index (κ2) is 8.87. The van der Waals surface area contributed by atoms with E-state index in [-0.39, 0.29) is 25.0 Å². The Balaban J connectivity index is 1.82. The third kappa shape index (κ3) is 5.49. The minimum absolute atomic E-state index is 0.145. The van der Waals surface area contributed by atoms with E-state index >= 15 is 0 Å². The van der Waals surface area contributed by atoms with Gasteiger partial charge in [0, 0.05) is 12.6 Å². The first-order valence-corrected chi connectivity index (χ1v) is 8.05. The van der Waals surface area contributed by atoms with Gasteiger partial charge < -0.3 is 20.7 Å². The third-order valence-electron chi connectivity index (χ3n) is 3.46. The number of para-hydroxylation sites is 1. The molecular formula is C18H18ClN3O4. The average Bonchev–Trinajstić information content (AvgIpc) is 2.61. The van der Waals surface area contributed by atoms with Crippen LogP contribution in [0.15, 0.2) is 48.5 Å². The molecule has 0 aliphatic heterocycles. The van der Waals surface area contributed by atoms with Crippen molar-refractivity contribution in [2.45, 2.75) is 0 Å². The Morgan fingerprint density at radius 1 is 1.12 bits per heavy atom. The Morgan fingerprint density at radius 2 is 1.77 bits per heavy atom. The molecule has 8 heteroatoms. The van der Waals surface area contributed by atoms with Gasteiger partial charge in [0.15, 0.2) is 6.61 Å². The molecule has 136 valence electrons. The van der Waals surface area contributed by atoms with Crippen LogP contribution in [0.3, 0.4) is 0 Å². The molecular weight excluding hydrogens is 358 g/mol. The number of hydrogen-bond acceptors (Lipinski definition) is 4. The SMILES string of the molecule is CN(CC(=O)Nc1ccccc1Cl)C(=O)COc1ccc(C(N)=O)cc1. The maximum absolute atomic E-state index is 12.1. The van der Waals surface area contributed by atoms with Crippen LogP contribution in [0.2, 0.25) is 5.02 Å². The van der Waals surface area contributed by atoms with Gasteiger partial charge in [-0.05, 0) is 36.4 Å². The summed E-state index contributed by atoms with van der Waals surface area (Å²) in [6.45, 7) is -0.389. The maximum atomic E-state index is 12.1. The highest BCUT2D eigenvalue weighted by molar-refractivity contribution is 6.33. The second-order valence-electron chi connectivity index (χ2n) is 5.46. The molecule has 26 heavy (non-hydrogen) atoms. The molecule has 0 aliphatic carbocycles. The van der Waals surface area contributed by atoms with E-state index in [0.717, 1.165) is 0 Å². The monoisotopic (exact) mass is 375 g/mol. The van der Waals surface area contributed by atoms with Crippen molar-refractivity contribution >= 4 is 35.0 Å². The Bertz CT molecular complexity index is 808. The van der Waals surface area contributed by atoms with Gasteiger partial charge in [0.1, 0.15) is 5.75 Å². The minimum atomic E-state index is -0.545. The van der Waals surface area contributed by atoms with Crippen LogP contribution in [-0.2, 0) is 9.59 Å². The summed E-state index contributed by atoms with van der Waals surface area (Å²) in [5, 5.41) is 3.05. The lowest BCUT2D eigenvalue weighted by molar-refractivity contribution is -0.135. The molecule has 0 heterocycles. The van der Waals surface area contributed by atoms with Crippen LogP contribution in [-0.4, -0.2) is 42.8 Å². The van der Waals surface area contributed by atoms with E-state index < -0.39 is 5.91 Å². The van der Waals surface area contributed by atoms with E-state index in [0.29, 0.717) is 22.0 Å². The summed E-state index contributed by atoms with van der Waals surface area (Å²) in [7, 11) is 1.49. The van der Waals surface area contributed by atoms with Crippen molar-refractivity contribution in [3.63, 3.8) is 0 Å². The van der Waals surface area contributed by atoms with Crippen LogP contribution in [0.25, 0.3) is 0 Å². The van der Waals surface area contributed by atoms with E-state index in [9.17, 15) is 14.4 Å². The van der Waals surface area contributed by atoms with E-state index in [1.54, 1.807) is 24.3 Å². The highest BCUT2D eigenvalue weighted by Gasteiger charge is 2.14. The lowest BCUT2D eigenvalue weighted by Gasteiger charge is -2.17. The highest BCUT2D eigenvalue weighted by atomic mass is 35.5. The molecule has 0 aliphatic rings. The van der Waals surface area contributed by atoms with Gasteiger partial charge in [-0.15, -0.1) is 0 Å². The van der Waals surface area contributed by atoms with Crippen LogP contribution in [0.4, 0.5) is 5.69 Å². The molecule has 7 nitrogen and oxygen atoms in total. The van der Waals surface area contributed by atoms with Crippen molar-refractivity contribution < 1.29 is 19.1 Å². The fourth-order valence-corrected chi connectivity index (χ4v) is 2.21. The Labute approximate surface area is 155 Å². The zero-order valence-electron chi connectivity index (χ0n) is 14.1. The number of primary amides is 1. The summed E-state index contributed by atoms with van der Waals surface area (Å²) in [5.74, 6) is -0.882. The number of amides is 3. The number of benzene rings is 2. The summed E-state index contributed by atoms with van der Waals surface area (Å²) in [5.41, 5.74) is 5.97. The van der Waals surface area contributed by atoms with Crippen molar-refractivity contribution in [2.75, 3.05) is 25.5 Å². The molecule has 0 fully saturated rings. The van der Waals surface area contributed by atoms with Gasteiger partial charge in [-0.2, -0.15) is 0 Å². The molecule has 2 aromatic carbocycles. The van der Waals surface area contributed by atoms with E-state index in [1.807, 2.05) is 0 Å². The fraction of sp³-hybridized carbons (Fsp3) is 0.167.